The van der Waals surface area contributed by atoms with Crippen molar-refractivity contribution in [2.24, 2.45) is 5.92 Å². The molecule has 40 heavy (non-hydrogen) atoms. The molecule has 1 fully saturated rings. The molecular weight excluding hydrogens is 527 g/mol. The third kappa shape index (κ3) is 7.43. The second kappa shape index (κ2) is 14.0. The molecule has 1 saturated heterocycles. The van der Waals surface area contributed by atoms with E-state index < -0.39 is 0 Å². The summed E-state index contributed by atoms with van der Waals surface area (Å²) in [5.74, 6) is 0.123. The molecule has 0 aliphatic carbocycles. The maximum atomic E-state index is 13.8. The van der Waals surface area contributed by atoms with Crippen molar-refractivity contribution in [2.45, 2.75) is 19.8 Å². The molecule has 0 atom stereocenters. The maximum Gasteiger partial charge on any atom is 0.258 e. The van der Waals surface area contributed by atoms with Gasteiger partial charge in [0.05, 0.1) is 12.8 Å². The number of hydrogen-bond acceptors (Lipinski definition) is 5. The summed E-state index contributed by atoms with van der Waals surface area (Å²) in [6, 6.07) is 20.5. The maximum absolute atomic E-state index is 13.8. The minimum atomic E-state index is -0.346. The number of nitrogens with one attached hydrogen (secondary N) is 2. The number of hydrogen-bond donors (Lipinski definition) is 2. The summed E-state index contributed by atoms with van der Waals surface area (Å²) in [5, 5.41) is 6.68. The second-order valence-electron chi connectivity index (χ2n) is 9.68. The molecule has 1 amide bonds. The van der Waals surface area contributed by atoms with Crippen molar-refractivity contribution in [1.82, 2.24) is 10.2 Å². The third-order valence-electron chi connectivity index (χ3n) is 7.08. The molecule has 0 spiro atoms. The van der Waals surface area contributed by atoms with Crippen LogP contribution in [0, 0.1) is 11.7 Å². The number of amides is 1. The monoisotopic (exact) mass is 562 g/mol. The predicted octanol–water partition coefficient (Wildman–Crippen LogP) is 5.38. The van der Waals surface area contributed by atoms with Gasteiger partial charge in [-0.05, 0) is 106 Å². The molecule has 0 aromatic heterocycles. The summed E-state index contributed by atoms with van der Waals surface area (Å²) in [7, 11) is 1.60. The number of likely N-dealkylation sites (tertiary alicyclic amines) is 1. The molecule has 1 heterocycles. The topological polar surface area (TPSA) is 73.9 Å². The van der Waals surface area contributed by atoms with E-state index in [4.69, 9.17) is 17.0 Å². The van der Waals surface area contributed by atoms with E-state index in [2.05, 4.69) is 15.5 Å². The van der Waals surface area contributed by atoms with E-state index in [1.54, 1.807) is 36.3 Å². The van der Waals surface area contributed by atoms with E-state index in [9.17, 15) is 14.0 Å². The van der Waals surface area contributed by atoms with Gasteiger partial charge >= 0.3 is 0 Å². The lowest BCUT2D eigenvalue weighted by Crippen LogP contribution is -2.43. The van der Waals surface area contributed by atoms with Gasteiger partial charge in [-0.3, -0.25) is 9.59 Å². The molecule has 1 aliphatic rings. The molecule has 0 bridgehead atoms. The minimum absolute atomic E-state index is 0.0645. The van der Waals surface area contributed by atoms with Crippen LogP contribution in [0.5, 0.6) is 5.75 Å². The summed E-state index contributed by atoms with van der Waals surface area (Å²) < 4.78 is 18.8. The Morgan fingerprint density at radius 1 is 1.00 bits per heavy atom. The summed E-state index contributed by atoms with van der Waals surface area (Å²) in [6.45, 7) is 5.30. The molecule has 2 N–H and O–H groups in total. The standard InChI is InChI=1S/C31H35FN4O3S/c1-3-33-31(40)34-26-14-10-24(11-15-26)30(38)36(27-6-4-5-7-28(27)39-2)21-20-35-18-16-23(17-19-35)29(37)22-8-12-25(32)13-9-22/h4-15,23H,3,16-21H2,1-2H3,(H2,33,34,40). The van der Waals surface area contributed by atoms with E-state index in [0.717, 1.165) is 38.2 Å². The van der Waals surface area contributed by atoms with Crippen molar-refractivity contribution in [1.29, 1.82) is 0 Å². The molecule has 3 aromatic rings. The number of Topliss-reactive ketones (excluding diaryl/α,β-unsaturated/α-hetero) is 1. The highest BCUT2D eigenvalue weighted by Crippen LogP contribution is 2.30. The number of rotatable bonds is 10. The van der Waals surface area contributed by atoms with Crippen LogP contribution in [0.15, 0.2) is 72.8 Å². The fraction of sp³-hybridized carbons (Fsp3) is 0.323. The number of ether oxygens (including phenoxy) is 1. The lowest BCUT2D eigenvalue weighted by Gasteiger charge is -2.33. The van der Waals surface area contributed by atoms with Gasteiger partial charge in [-0.1, -0.05) is 12.1 Å². The smallest absolute Gasteiger partial charge is 0.258 e. The van der Waals surface area contributed by atoms with Gasteiger partial charge in [0, 0.05) is 42.4 Å². The van der Waals surface area contributed by atoms with E-state index in [-0.39, 0.29) is 23.4 Å². The molecule has 0 unspecified atom stereocenters. The number of nitrogens with zero attached hydrogens (tertiary/aromatic N) is 2. The first kappa shape index (κ1) is 29.2. The van der Waals surface area contributed by atoms with Crippen LogP contribution in [0.25, 0.3) is 0 Å². The number of benzene rings is 3. The van der Waals surface area contributed by atoms with Crippen molar-refractivity contribution in [3.05, 3.63) is 89.7 Å². The van der Waals surface area contributed by atoms with Crippen molar-refractivity contribution in [3.63, 3.8) is 0 Å². The number of piperidine rings is 1. The largest absolute Gasteiger partial charge is 0.495 e. The second-order valence-corrected chi connectivity index (χ2v) is 10.1. The highest BCUT2D eigenvalue weighted by molar-refractivity contribution is 7.80. The van der Waals surface area contributed by atoms with Gasteiger partial charge in [0.25, 0.3) is 5.91 Å². The summed E-state index contributed by atoms with van der Waals surface area (Å²) in [4.78, 5) is 30.7. The molecule has 9 heteroatoms. The average Bonchev–Trinajstić information content (AvgIpc) is 2.98. The van der Waals surface area contributed by atoms with Gasteiger partial charge in [0.15, 0.2) is 10.9 Å². The van der Waals surface area contributed by atoms with Gasteiger partial charge in [-0.25, -0.2) is 4.39 Å². The number of ketones is 1. The molecule has 3 aromatic carbocycles. The molecule has 7 nitrogen and oxygen atoms in total. The summed E-state index contributed by atoms with van der Waals surface area (Å²) >= 11 is 5.25. The highest BCUT2D eigenvalue weighted by atomic mass is 32.1. The third-order valence-corrected chi connectivity index (χ3v) is 7.32. The van der Waals surface area contributed by atoms with Crippen LogP contribution in [0.2, 0.25) is 0 Å². The van der Waals surface area contributed by atoms with Crippen molar-refractivity contribution in [2.75, 3.05) is 50.1 Å². The van der Waals surface area contributed by atoms with Gasteiger partial charge in [-0.15, -0.1) is 0 Å². The van der Waals surface area contributed by atoms with E-state index >= 15 is 0 Å². The molecular formula is C31H35FN4O3S. The van der Waals surface area contributed by atoms with Gasteiger partial charge in [-0.2, -0.15) is 0 Å². The van der Waals surface area contributed by atoms with Gasteiger partial charge in [0.1, 0.15) is 11.6 Å². The number of thiocarbonyl (C=S) groups is 1. The average molecular weight is 563 g/mol. The van der Waals surface area contributed by atoms with Crippen LogP contribution in [0.1, 0.15) is 40.5 Å². The summed E-state index contributed by atoms with van der Waals surface area (Å²) in [5.41, 5.74) is 2.60. The Balaban J connectivity index is 1.42. The number of halogens is 1. The summed E-state index contributed by atoms with van der Waals surface area (Å²) in [6.07, 6.45) is 1.45. The normalized spacial score (nSPS) is 13.9. The van der Waals surface area contributed by atoms with Gasteiger partial charge in [0.2, 0.25) is 0 Å². The minimum Gasteiger partial charge on any atom is -0.495 e. The first-order valence-electron chi connectivity index (χ1n) is 13.5. The van der Waals surface area contributed by atoms with E-state index in [1.165, 1.54) is 12.1 Å². The predicted molar refractivity (Wildman–Crippen MR) is 161 cm³/mol. The Morgan fingerprint density at radius 2 is 1.65 bits per heavy atom. The van der Waals surface area contributed by atoms with Crippen LogP contribution in [0.3, 0.4) is 0 Å². The first-order valence-corrected chi connectivity index (χ1v) is 13.9. The lowest BCUT2D eigenvalue weighted by atomic mass is 9.89. The molecule has 4 rings (SSSR count). The number of para-hydroxylation sites is 2. The zero-order chi connectivity index (χ0) is 28.5. The van der Waals surface area contributed by atoms with Gasteiger partial charge < -0.3 is 25.2 Å². The Labute approximate surface area is 240 Å². The SMILES string of the molecule is CCNC(=S)Nc1ccc(C(=O)N(CCN2CCC(C(=O)c3ccc(F)cc3)CC2)c2ccccc2OC)cc1. The van der Waals surface area contributed by atoms with E-state index in [1.807, 2.05) is 43.3 Å². The van der Waals surface area contributed by atoms with Crippen molar-refractivity contribution < 1.29 is 18.7 Å². The Morgan fingerprint density at radius 3 is 2.30 bits per heavy atom. The Kier molecular flexibility index (Phi) is 10.2. The zero-order valence-corrected chi connectivity index (χ0v) is 23.7. The lowest BCUT2D eigenvalue weighted by molar-refractivity contribution is 0.0841. The van der Waals surface area contributed by atoms with Crippen LogP contribution < -0.4 is 20.3 Å². The zero-order valence-electron chi connectivity index (χ0n) is 22.9. The van der Waals surface area contributed by atoms with Crippen LogP contribution >= 0.6 is 12.2 Å². The van der Waals surface area contributed by atoms with E-state index in [0.29, 0.717) is 40.8 Å². The fourth-order valence-corrected chi connectivity index (χ4v) is 5.14. The quantitative estimate of drug-likeness (QED) is 0.254. The molecule has 1 aliphatic heterocycles. The van der Waals surface area contributed by atoms with Crippen LogP contribution in [0.4, 0.5) is 15.8 Å². The fourth-order valence-electron chi connectivity index (χ4n) is 4.88. The molecule has 210 valence electrons. The van der Waals surface area contributed by atoms with Crippen molar-refractivity contribution >= 4 is 40.4 Å². The first-order chi connectivity index (χ1) is 19.4. The Bertz CT molecular complexity index is 1310. The Hall–Kier alpha value is -3.82. The number of carbonyl (C=O) groups excluding carboxylic acids is 2. The molecule has 0 radical (unpaired) electrons. The number of carbonyl (C=O) groups is 2. The number of methoxy groups -OCH3 is 1. The highest BCUT2D eigenvalue weighted by Gasteiger charge is 2.27. The van der Waals surface area contributed by atoms with Crippen molar-refractivity contribution in [3.8, 4) is 5.75 Å². The van der Waals surface area contributed by atoms with Crippen LogP contribution in [-0.4, -0.2) is 61.5 Å². The molecule has 0 saturated carbocycles. The van der Waals surface area contributed by atoms with Crippen LogP contribution in [-0.2, 0) is 0 Å². The number of anilines is 2.